The molecule has 0 bridgehead atoms. The molecule has 0 saturated heterocycles. The van der Waals surface area contributed by atoms with E-state index in [4.69, 9.17) is 39.9 Å². The molecule has 14 nitrogen and oxygen atoms in total. The van der Waals surface area contributed by atoms with Gasteiger partial charge in [-0.05, 0) is 134 Å². The highest BCUT2D eigenvalue weighted by Gasteiger charge is 2.29. The van der Waals surface area contributed by atoms with E-state index in [0.29, 0.717) is 11.6 Å². The standard InChI is InChI=1S/C35H20N4S.2C34H19N5S/c1-2-10-21(11-3-1)25-20-29(38-26-15-8-18-36-32(25)26)39-27-16-9-19-37-33(27)31-23-13-5-4-12-22(23)30-24-14-6-7-17-28(24)40-35(30)34(31)39;1-2-10-20(11-3-1)29-30-24(15-8-18-35-30)37-34(38-29)39-25-16-9-19-36-31(25)28-22-13-5-4-12-21(22)27-23-14-6-7-17-26(23)40-33(27)32(28)39;1-2-9-20(10-3-1)24-19-27(38-34-30(24)36-17-18-37-34)39-25-14-8-16-35-31(25)29-22-12-5-4-11-21(22)28-23-13-6-7-15-26(23)40-33(28)32(29)39/h1-20H;2*1-19H. The lowest BCUT2D eigenvalue weighted by Gasteiger charge is -2.13. The summed E-state index contributed by atoms with van der Waals surface area (Å²) >= 11 is 5.49. The highest BCUT2D eigenvalue weighted by Crippen LogP contribution is 2.52. The molecule has 0 radical (unpaired) electrons. The van der Waals surface area contributed by atoms with Crippen LogP contribution in [0.3, 0.4) is 0 Å². The lowest BCUT2D eigenvalue weighted by molar-refractivity contribution is 1.01. The molecule has 0 aliphatic heterocycles. The molecule has 0 atom stereocenters. The van der Waals surface area contributed by atoms with Gasteiger partial charge < -0.3 is 0 Å². The first-order valence-electron chi connectivity index (χ1n) is 39.6. The fraction of sp³-hybridized carbons (Fsp3) is 0. The van der Waals surface area contributed by atoms with Crippen LogP contribution in [-0.2, 0) is 0 Å². The maximum absolute atomic E-state index is 5.22. The SMILES string of the molecule is c1ccc(-c2cc(-n3c4cccnc4c4c5ccccc5c5c6ccccc6sc5c43)nc3cccnc23)cc1.c1ccc(-c2cc(-n3c4cccnc4c4c5ccccc5c5c6ccccc6sc5c43)nc3nccnc23)cc1.c1ccc(-c2nc(-n3c4cccnc4c4c5ccccc5c5c6ccccc6sc5c43)nc3cccnc23)cc1. The van der Waals surface area contributed by atoms with E-state index in [-0.39, 0.29) is 0 Å². The summed E-state index contributed by atoms with van der Waals surface area (Å²) in [5.74, 6) is 2.27. The largest absolute Gasteiger partial charge is 0.291 e. The molecule has 0 spiro atoms. The Bertz CT molecular complexity index is 8140. The zero-order valence-corrected chi connectivity index (χ0v) is 65.9. The highest BCUT2D eigenvalue weighted by molar-refractivity contribution is 7.28. The molecule has 0 fully saturated rings. The van der Waals surface area contributed by atoms with Gasteiger partial charge in [-0.1, -0.05) is 218 Å². The van der Waals surface area contributed by atoms with E-state index in [1.54, 1.807) is 18.6 Å². The Morgan fingerprint density at radius 2 is 0.558 bits per heavy atom. The van der Waals surface area contributed by atoms with Crippen molar-refractivity contribution in [1.29, 1.82) is 0 Å². The second-order valence-corrected chi connectivity index (χ2v) is 33.0. The molecule has 558 valence electrons. The number of rotatable bonds is 6. The van der Waals surface area contributed by atoms with Crippen LogP contribution in [0.15, 0.2) is 353 Å². The maximum Gasteiger partial charge on any atom is 0.236 e. The summed E-state index contributed by atoms with van der Waals surface area (Å²) in [5, 5.41) is 18.4. The van der Waals surface area contributed by atoms with Crippen LogP contribution < -0.4 is 0 Å². The summed E-state index contributed by atoms with van der Waals surface area (Å²) in [4.78, 5) is 54.2. The van der Waals surface area contributed by atoms with Crippen molar-refractivity contribution in [1.82, 2.24) is 68.5 Å². The van der Waals surface area contributed by atoms with E-state index >= 15 is 0 Å². The maximum atomic E-state index is 5.22. The minimum Gasteiger partial charge on any atom is -0.291 e. The molecule has 0 saturated carbocycles. The van der Waals surface area contributed by atoms with E-state index in [2.05, 4.69) is 271 Å². The van der Waals surface area contributed by atoms with Crippen LogP contribution in [0.25, 0.3) is 243 Å². The van der Waals surface area contributed by atoms with Gasteiger partial charge in [-0.15, -0.1) is 34.0 Å². The van der Waals surface area contributed by atoms with Gasteiger partial charge in [0.2, 0.25) is 5.95 Å². The number of hydrogen-bond donors (Lipinski definition) is 0. The minimum atomic E-state index is 0.612. The van der Waals surface area contributed by atoms with Crippen molar-refractivity contribution in [2.24, 2.45) is 0 Å². The third-order valence-electron chi connectivity index (χ3n) is 23.3. The van der Waals surface area contributed by atoms with Gasteiger partial charge in [0, 0.05) is 123 Å². The lowest BCUT2D eigenvalue weighted by atomic mass is 10.00. The first-order chi connectivity index (χ1) is 59.6. The number of hydrogen-bond acceptors (Lipinski definition) is 14. The highest BCUT2D eigenvalue weighted by atomic mass is 32.1. The summed E-state index contributed by atoms with van der Waals surface area (Å²) in [7, 11) is 0. The minimum absolute atomic E-state index is 0.612. The first kappa shape index (κ1) is 67.8. The molecule has 0 N–H and O–H groups in total. The molecule has 0 amide bonds. The molecule has 12 aromatic carbocycles. The van der Waals surface area contributed by atoms with Crippen molar-refractivity contribution >= 4 is 226 Å². The van der Waals surface area contributed by atoms with Crippen LogP contribution in [0.1, 0.15) is 0 Å². The van der Waals surface area contributed by atoms with Gasteiger partial charge in [-0.3, -0.25) is 43.6 Å². The molecule has 0 aliphatic rings. The average molecular weight is 1590 g/mol. The Kier molecular flexibility index (Phi) is 15.3. The van der Waals surface area contributed by atoms with Gasteiger partial charge in [0.05, 0.1) is 80.3 Å². The Morgan fingerprint density at radius 3 is 1.02 bits per heavy atom. The Hall–Kier alpha value is -15.5. The van der Waals surface area contributed by atoms with Crippen molar-refractivity contribution in [3.05, 3.63) is 353 Å². The van der Waals surface area contributed by atoms with E-state index in [0.717, 1.165) is 133 Å². The van der Waals surface area contributed by atoms with Crippen molar-refractivity contribution in [3.63, 3.8) is 0 Å². The zero-order chi connectivity index (χ0) is 78.6. The van der Waals surface area contributed by atoms with Crippen molar-refractivity contribution in [2.75, 3.05) is 0 Å². The second-order valence-electron chi connectivity index (χ2n) is 29.8. The van der Waals surface area contributed by atoms with Crippen molar-refractivity contribution < 1.29 is 0 Å². The molecule has 27 rings (SSSR count). The molecule has 0 unspecified atom stereocenters. The Labute approximate surface area is 693 Å². The number of nitrogens with zero attached hydrogens (tertiary/aromatic N) is 14. The topological polar surface area (TPSA) is 157 Å². The normalized spacial score (nSPS) is 12.0. The molecular formula is C103H58N14S3. The monoisotopic (exact) mass is 1590 g/mol. The molecule has 120 heavy (non-hydrogen) atoms. The number of thiophene rings is 3. The van der Waals surface area contributed by atoms with Crippen molar-refractivity contribution in [2.45, 2.75) is 0 Å². The van der Waals surface area contributed by atoms with Crippen LogP contribution >= 0.6 is 34.0 Å². The molecule has 0 aliphatic carbocycles. The predicted molar refractivity (Wildman–Crippen MR) is 498 cm³/mol. The van der Waals surface area contributed by atoms with Gasteiger partial charge in [0.15, 0.2) is 5.65 Å². The molecule has 17 heteroatoms. The van der Waals surface area contributed by atoms with E-state index < -0.39 is 0 Å². The summed E-state index contributed by atoms with van der Waals surface area (Å²) in [6.07, 6.45) is 12.7. The molecule has 15 aromatic heterocycles. The molecular weight excluding hydrogens is 1530 g/mol. The quantitative estimate of drug-likeness (QED) is 0.156. The van der Waals surface area contributed by atoms with Crippen LogP contribution in [0, 0.1) is 0 Å². The van der Waals surface area contributed by atoms with Crippen LogP contribution in [-0.4, -0.2) is 68.5 Å². The van der Waals surface area contributed by atoms with Crippen LogP contribution in [0.4, 0.5) is 0 Å². The lowest BCUT2D eigenvalue weighted by Crippen LogP contribution is -2.04. The van der Waals surface area contributed by atoms with Gasteiger partial charge >= 0.3 is 0 Å². The average Bonchev–Trinajstić information content (AvgIpc) is 1.55. The zero-order valence-electron chi connectivity index (χ0n) is 63.5. The fourth-order valence-corrected chi connectivity index (χ4v) is 22.2. The summed E-state index contributed by atoms with van der Waals surface area (Å²) in [6, 6.07) is 108. The van der Waals surface area contributed by atoms with E-state index in [1.807, 2.05) is 126 Å². The van der Waals surface area contributed by atoms with E-state index in [9.17, 15) is 0 Å². The predicted octanol–water partition coefficient (Wildman–Crippen LogP) is 26.7. The molecule has 27 aromatic rings. The number of benzene rings is 12. The number of pyridine rings is 7. The van der Waals surface area contributed by atoms with Crippen LogP contribution in [0.2, 0.25) is 0 Å². The second kappa shape index (κ2) is 27.0. The summed E-state index contributed by atoms with van der Waals surface area (Å²) in [6.45, 7) is 0. The third-order valence-corrected chi connectivity index (χ3v) is 26.8. The van der Waals surface area contributed by atoms with Gasteiger partial charge in [0.1, 0.15) is 28.4 Å². The van der Waals surface area contributed by atoms with E-state index in [1.165, 1.54) is 98.2 Å². The van der Waals surface area contributed by atoms with Crippen LogP contribution in [0.5, 0.6) is 0 Å². The Morgan fingerprint density at radius 1 is 0.225 bits per heavy atom. The van der Waals surface area contributed by atoms with Crippen molar-refractivity contribution in [3.8, 4) is 51.1 Å². The first-order valence-corrected chi connectivity index (χ1v) is 42.1. The summed E-state index contributed by atoms with van der Waals surface area (Å²) < 4.78 is 14.3. The number of aromatic nitrogens is 14. The molecule has 15 heterocycles. The third kappa shape index (κ3) is 10.3. The number of fused-ring (bicyclic) bond motifs is 33. The Balaban J connectivity index is 0.0000000997. The van der Waals surface area contributed by atoms with Gasteiger partial charge in [-0.25, -0.2) is 24.9 Å². The van der Waals surface area contributed by atoms with Gasteiger partial charge in [-0.2, -0.15) is 0 Å². The van der Waals surface area contributed by atoms with Gasteiger partial charge in [0.25, 0.3) is 0 Å². The summed E-state index contributed by atoms with van der Waals surface area (Å²) in [5.41, 5.74) is 20.1. The fourth-order valence-electron chi connectivity index (χ4n) is 18.4. The smallest absolute Gasteiger partial charge is 0.236 e.